The van der Waals surface area contributed by atoms with Gasteiger partial charge in [0, 0.05) is 11.0 Å². The van der Waals surface area contributed by atoms with Gasteiger partial charge in [0.1, 0.15) is 0 Å². The van der Waals surface area contributed by atoms with Gasteiger partial charge >= 0.3 is 29.6 Å². The number of rotatable bonds is 6. The Bertz CT molecular complexity index is 211. The van der Waals surface area contributed by atoms with Gasteiger partial charge in [-0.05, 0) is 0 Å². The van der Waals surface area contributed by atoms with Gasteiger partial charge in [0.25, 0.3) is 10.1 Å². The van der Waals surface area contributed by atoms with Gasteiger partial charge in [0.2, 0.25) is 0 Å². The Kier molecular flexibility index (Phi) is 11.6. The summed E-state index contributed by atoms with van der Waals surface area (Å²) in [5.41, 5.74) is 0. The van der Waals surface area contributed by atoms with Crippen LogP contribution < -0.4 is 29.6 Å². The van der Waals surface area contributed by atoms with E-state index in [0.717, 1.165) is 0 Å². The molecule has 0 aliphatic heterocycles. The summed E-state index contributed by atoms with van der Waals surface area (Å²) < 4.78 is 33.6. The third-order valence-electron chi connectivity index (χ3n) is 1.01. The molecule has 0 saturated carbocycles. The molecule has 0 aromatic heterocycles. The normalized spacial score (nSPS) is 13.5. The first kappa shape index (κ1) is 17.0. The zero-order valence-electron chi connectivity index (χ0n) is 8.38. The van der Waals surface area contributed by atoms with Crippen LogP contribution in [0.15, 0.2) is 0 Å². The van der Waals surface area contributed by atoms with E-state index >= 15 is 0 Å². The van der Waals surface area contributed by atoms with E-state index in [1.54, 1.807) is 0 Å². The molecule has 13 heavy (non-hydrogen) atoms. The summed E-state index contributed by atoms with van der Waals surface area (Å²) in [5.74, 6) is 0.190. The summed E-state index contributed by atoms with van der Waals surface area (Å²) in [4.78, 5) is 0. The van der Waals surface area contributed by atoms with Gasteiger partial charge < -0.3 is 6.16 Å². The predicted octanol–water partition coefficient (Wildman–Crippen LogP) is -2.76. The molecule has 1 atom stereocenters. The quantitative estimate of drug-likeness (QED) is 0.208. The van der Waals surface area contributed by atoms with E-state index in [-0.39, 0.29) is 48.6 Å². The number of ether oxygens (including phenoxy) is 1. The van der Waals surface area contributed by atoms with Crippen LogP contribution in [0.1, 0.15) is 1.43 Å². The van der Waals surface area contributed by atoms with Crippen molar-refractivity contribution in [1.82, 2.24) is 0 Å². The number of thiol groups is 2. The Labute approximate surface area is 113 Å². The Hall–Kier alpha value is 1.57. The Balaban J connectivity index is -0.000000605. The first-order chi connectivity index (χ1) is 5.45. The molecule has 0 radical (unpaired) electrons. The molecule has 0 aliphatic carbocycles. The molecular weight excluding hydrogens is 243 g/mol. The smallest absolute Gasteiger partial charge is 1.00 e. The van der Waals surface area contributed by atoms with Crippen molar-refractivity contribution < 1.29 is 48.7 Å². The van der Waals surface area contributed by atoms with Crippen molar-refractivity contribution in [2.45, 2.75) is 5.25 Å². The van der Waals surface area contributed by atoms with Gasteiger partial charge in [-0.1, -0.05) is 0 Å². The second-order valence-electron chi connectivity index (χ2n) is 2.20. The third kappa shape index (κ3) is 13.6. The topological polar surface area (TPSA) is 63.6 Å². The summed E-state index contributed by atoms with van der Waals surface area (Å²) in [6.45, 7) is 0.325. The molecule has 8 heteroatoms. The molecule has 0 heterocycles. The van der Waals surface area contributed by atoms with Gasteiger partial charge in [0.05, 0.1) is 19.0 Å². The maximum Gasteiger partial charge on any atom is 1.00 e. The van der Waals surface area contributed by atoms with Crippen LogP contribution in [0.25, 0.3) is 0 Å². The van der Waals surface area contributed by atoms with E-state index in [0.29, 0.717) is 12.4 Å². The van der Waals surface area contributed by atoms with Crippen LogP contribution in [0.3, 0.4) is 0 Å². The summed E-state index contributed by atoms with van der Waals surface area (Å²) >= 11 is 8.01. The van der Waals surface area contributed by atoms with Crippen LogP contribution in [0.5, 0.6) is 0 Å². The zero-order chi connectivity index (χ0) is 9.61. The molecule has 0 aromatic carbocycles. The van der Waals surface area contributed by atoms with Gasteiger partial charge in [-0.25, -0.2) is 0 Å². The average molecular weight is 256 g/mol. The first-order valence-electron chi connectivity index (χ1n) is 3.27. The second kappa shape index (κ2) is 8.84. The molecule has 0 rings (SSSR count). The van der Waals surface area contributed by atoms with Crippen LogP contribution in [0, 0.1) is 0 Å². The third-order valence-corrected chi connectivity index (χ3v) is 2.75. The van der Waals surface area contributed by atoms with Crippen molar-refractivity contribution in [3.63, 3.8) is 0 Å². The van der Waals surface area contributed by atoms with Crippen LogP contribution in [-0.2, 0) is 14.9 Å². The number of hydrogen-bond donors (Lipinski definition) is 3. The Morgan fingerprint density at radius 3 is 2.46 bits per heavy atom. The first-order valence-corrected chi connectivity index (χ1v) is 6.03. The van der Waals surface area contributed by atoms with E-state index < -0.39 is 10.1 Å². The van der Waals surface area contributed by atoms with Crippen LogP contribution in [-0.4, -0.2) is 42.9 Å². The largest absolute Gasteiger partial charge is 1.00 e. The maximum atomic E-state index is 10.2. The van der Waals surface area contributed by atoms with Crippen molar-refractivity contribution in [3.8, 4) is 0 Å². The van der Waals surface area contributed by atoms with Crippen molar-refractivity contribution in [1.29, 1.82) is 0 Å². The van der Waals surface area contributed by atoms with E-state index in [4.69, 9.17) is 9.29 Å². The molecule has 0 fully saturated rings. The summed E-state index contributed by atoms with van der Waals surface area (Å²) in [7, 11) is -3.90. The van der Waals surface area contributed by atoms with Crippen molar-refractivity contribution in [3.05, 3.63) is 0 Å². The minimum absolute atomic E-state index is 0. The van der Waals surface area contributed by atoms with Crippen molar-refractivity contribution >= 4 is 35.4 Å². The van der Waals surface area contributed by atoms with Gasteiger partial charge in [-0.2, -0.15) is 33.7 Å². The molecule has 0 amide bonds. The SMILES string of the molecule is O=S(=O)(O)CCOCC(S)CS.[H-].[Na+]. The van der Waals surface area contributed by atoms with Crippen molar-refractivity contribution in [2.75, 3.05) is 24.7 Å². The molecule has 0 aromatic rings. The molecule has 4 nitrogen and oxygen atoms in total. The molecular formula is C5H13NaO4S3. The van der Waals surface area contributed by atoms with Gasteiger partial charge in [0.15, 0.2) is 0 Å². The molecule has 1 N–H and O–H groups in total. The molecule has 0 aliphatic rings. The fraction of sp³-hybridized carbons (Fsp3) is 1.00. The van der Waals surface area contributed by atoms with Crippen LogP contribution in [0.2, 0.25) is 0 Å². The average Bonchev–Trinajstić information content (AvgIpc) is 1.96. The maximum absolute atomic E-state index is 10.2. The molecule has 0 saturated heterocycles. The summed E-state index contributed by atoms with van der Waals surface area (Å²) in [6, 6.07) is 0. The predicted molar refractivity (Wildman–Crippen MR) is 55.0 cm³/mol. The molecule has 0 spiro atoms. The minimum Gasteiger partial charge on any atom is -1.00 e. The summed E-state index contributed by atoms with van der Waals surface area (Å²) in [5, 5.41) is -0.00488. The van der Waals surface area contributed by atoms with Crippen molar-refractivity contribution in [2.24, 2.45) is 0 Å². The van der Waals surface area contributed by atoms with Gasteiger partial charge in [-0.15, -0.1) is 0 Å². The Morgan fingerprint density at radius 2 is 2.08 bits per heavy atom. The van der Waals surface area contributed by atoms with Crippen LogP contribution >= 0.6 is 25.3 Å². The van der Waals surface area contributed by atoms with Gasteiger partial charge in [-0.3, -0.25) is 4.55 Å². The fourth-order valence-electron chi connectivity index (χ4n) is 0.436. The number of hydrogen-bond acceptors (Lipinski definition) is 5. The molecule has 76 valence electrons. The fourth-order valence-corrected chi connectivity index (χ4v) is 0.976. The van der Waals surface area contributed by atoms with Crippen LogP contribution in [0.4, 0.5) is 0 Å². The van der Waals surface area contributed by atoms with E-state index in [9.17, 15) is 8.42 Å². The van der Waals surface area contributed by atoms with E-state index in [1.807, 2.05) is 0 Å². The summed E-state index contributed by atoms with van der Waals surface area (Å²) in [6.07, 6.45) is 0. The standard InChI is InChI=1S/C5H12O4S3.Na.H/c6-12(7,8)2-1-9-3-5(11)4-10;;/h5,10-11H,1-4H2,(H,6,7,8);;/q;+1;-1. The molecule has 1 unspecified atom stereocenters. The minimum atomic E-state index is -3.90. The monoisotopic (exact) mass is 256 g/mol. The second-order valence-corrected chi connectivity index (χ2v) is 4.86. The van der Waals surface area contributed by atoms with E-state index in [2.05, 4.69) is 25.3 Å². The Morgan fingerprint density at radius 1 is 1.54 bits per heavy atom. The zero-order valence-corrected chi connectivity index (χ0v) is 12.0. The molecule has 0 bridgehead atoms. The van der Waals surface area contributed by atoms with E-state index in [1.165, 1.54) is 0 Å².